The topological polar surface area (TPSA) is 33.5 Å². The number of rotatable bonds is 7. The molecule has 10 rings (SSSR count). The lowest BCUT2D eigenvalue weighted by Crippen LogP contribution is -2.24. The van der Waals surface area contributed by atoms with Crippen LogP contribution in [0.2, 0.25) is 0 Å². The molecule has 0 atom stereocenters. The normalized spacial score (nSPS) is 14.2. The molecule has 9 aromatic rings. The van der Waals surface area contributed by atoms with Crippen molar-refractivity contribution < 1.29 is 8.85 Å². The van der Waals surface area contributed by atoms with Crippen molar-refractivity contribution in [1.29, 1.82) is 0 Å². The van der Waals surface area contributed by atoms with Gasteiger partial charge in [-0.25, -0.2) is 4.98 Å². The molecule has 7 aromatic carbocycles. The molecule has 2 aromatic heterocycles. The van der Waals surface area contributed by atoms with E-state index >= 15 is 0 Å². The average molecular weight is 924 g/mol. The first-order valence-corrected chi connectivity index (χ1v) is 24.7. The number of aromatic nitrogens is 2. The predicted octanol–water partition coefficient (Wildman–Crippen LogP) is 18.1. The van der Waals surface area contributed by atoms with Crippen molar-refractivity contribution >= 4 is 44.6 Å². The highest BCUT2D eigenvalue weighted by Gasteiger charge is 2.32. The molecule has 0 fully saturated rings. The third-order valence-electron chi connectivity index (χ3n) is 14.0. The number of hydrogen-bond donors (Lipinski definition) is 0. The van der Waals surface area contributed by atoms with Gasteiger partial charge < -0.3 is 14.5 Å². The maximum Gasteiger partial charge on any atom is 0.137 e. The third kappa shape index (κ3) is 8.87. The maximum absolute atomic E-state index is 8.80. The van der Waals surface area contributed by atoms with E-state index in [1.807, 2.05) is 24.3 Å². The Morgan fingerprint density at radius 3 is 1.83 bits per heavy atom. The van der Waals surface area contributed by atoms with Crippen molar-refractivity contribution in [2.24, 2.45) is 0 Å². The molecule has 70 heavy (non-hydrogen) atoms. The van der Waals surface area contributed by atoms with E-state index in [9.17, 15) is 0 Å². The lowest BCUT2D eigenvalue weighted by atomic mass is 9.84. The van der Waals surface area contributed by atoms with Crippen molar-refractivity contribution in [3.8, 4) is 39.6 Å². The van der Waals surface area contributed by atoms with Gasteiger partial charge in [0.1, 0.15) is 24.0 Å². The summed E-state index contributed by atoms with van der Waals surface area (Å²) in [6.07, 6.45) is 1.73. The van der Waals surface area contributed by atoms with E-state index in [1.54, 1.807) is 12.3 Å². The van der Waals surface area contributed by atoms with Crippen molar-refractivity contribution in [2.75, 3.05) is 16.5 Å². The lowest BCUT2D eigenvalue weighted by molar-refractivity contribution is 0.483. The van der Waals surface area contributed by atoms with Gasteiger partial charge in [0.25, 0.3) is 0 Å². The molecule has 5 nitrogen and oxygen atoms in total. The second-order valence-corrected chi connectivity index (χ2v) is 23.4. The minimum Gasteiger partial charge on any atom is -0.457 e. The summed E-state index contributed by atoms with van der Waals surface area (Å²) in [7, 11) is 0. The summed E-state index contributed by atoms with van der Waals surface area (Å²) in [6, 6.07) is 55.7. The van der Waals surface area contributed by atoms with Gasteiger partial charge in [-0.05, 0) is 140 Å². The second kappa shape index (κ2) is 17.1. The molecule has 0 saturated carbocycles. The smallest absolute Gasteiger partial charge is 0.137 e. The molecule has 0 aliphatic carbocycles. The highest BCUT2D eigenvalue weighted by molar-refractivity contribution is 6.10. The Labute approximate surface area is 420 Å². The molecule has 0 spiro atoms. The van der Waals surface area contributed by atoms with E-state index < -0.39 is 6.85 Å². The van der Waals surface area contributed by atoms with Crippen LogP contribution in [0.25, 0.3) is 49.9 Å². The van der Waals surface area contributed by atoms with E-state index in [-0.39, 0.29) is 27.2 Å². The molecule has 0 radical (unpaired) electrons. The summed E-state index contributed by atoms with van der Waals surface area (Å²) in [5, 5.41) is 2.08. The summed E-state index contributed by atoms with van der Waals surface area (Å²) < 4.78 is 35.4. The van der Waals surface area contributed by atoms with Gasteiger partial charge in [0.2, 0.25) is 0 Å². The Morgan fingerprint density at radius 1 is 0.457 bits per heavy atom. The zero-order valence-corrected chi connectivity index (χ0v) is 43.0. The highest BCUT2D eigenvalue weighted by Crippen LogP contribution is 2.48. The maximum atomic E-state index is 8.80. The number of aryl methyl sites for hydroxylation is 1. The van der Waals surface area contributed by atoms with E-state index in [2.05, 4.69) is 225 Å². The van der Waals surface area contributed by atoms with Crippen LogP contribution < -0.4 is 14.5 Å². The monoisotopic (exact) mass is 924 g/mol. The molecule has 0 bridgehead atoms. The van der Waals surface area contributed by atoms with Gasteiger partial charge in [-0.3, -0.25) is 4.57 Å². The summed E-state index contributed by atoms with van der Waals surface area (Å²) in [5.74, 6) is 1.88. The first-order valence-electron chi connectivity index (χ1n) is 26.2. The molecule has 5 heteroatoms. The van der Waals surface area contributed by atoms with Crippen LogP contribution in [0.4, 0.5) is 22.7 Å². The summed E-state index contributed by atoms with van der Waals surface area (Å²) >= 11 is 0. The van der Waals surface area contributed by atoms with E-state index in [1.165, 1.54) is 27.8 Å². The van der Waals surface area contributed by atoms with E-state index in [4.69, 9.17) is 13.8 Å². The fraction of sp³-hybridized carbons (Fsp3) is 0.277. The standard InChI is InChI=1S/C65H68N4O/c1-42-31-61(66-40-56(42)44-21-17-22-46(32-44)62(2,3)4)69-57-29-25-47(63(5,6)7)36-55(57)54-28-27-53(39-59(54)69)70-52-24-18-23-50(38-52)67-41-68(58-30-26-48(37-60(58)67)64(8,9)10)51-34-45(43-19-15-14-16-20-43)33-49(35-51)65(11,12)13/h14-40H,41H2,1-13H3/i1D3. The first kappa shape index (κ1) is 43.0. The number of ether oxygens (including phenoxy) is 1. The van der Waals surface area contributed by atoms with Crippen LogP contribution in [0, 0.1) is 6.85 Å². The number of benzene rings is 7. The number of pyridine rings is 1. The second-order valence-electron chi connectivity index (χ2n) is 23.4. The van der Waals surface area contributed by atoms with Crippen molar-refractivity contribution in [1.82, 2.24) is 9.55 Å². The van der Waals surface area contributed by atoms with Crippen LogP contribution in [0.1, 0.15) is 115 Å². The van der Waals surface area contributed by atoms with Crippen LogP contribution in [0.5, 0.6) is 11.5 Å². The van der Waals surface area contributed by atoms with Crippen molar-refractivity contribution in [3.63, 3.8) is 0 Å². The van der Waals surface area contributed by atoms with E-state index in [0.29, 0.717) is 29.5 Å². The molecule has 354 valence electrons. The lowest BCUT2D eigenvalue weighted by Gasteiger charge is -2.26. The van der Waals surface area contributed by atoms with Crippen molar-refractivity contribution in [2.45, 2.75) is 112 Å². The van der Waals surface area contributed by atoms with Crippen LogP contribution in [0.15, 0.2) is 164 Å². The quantitative estimate of drug-likeness (QED) is 0.159. The predicted molar refractivity (Wildman–Crippen MR) is 298 cm³/mol. The van der Waals surface area contributed by atoms with Crippen LogP contribution in [0.3, 0.4) is 0 Å². The first-order chi connectivity index (χ1) is 34.3. The Morgan fingerprint density at radius 2 is 1.10 bits per heavy atom. The van der Waals surface area contributed by atoms with Gasteiger partial charge in [0.15, 0.2) is 0 Å². The fourth-order valence-electron chi connectivity index (χ4n) is 9.75. The third-order valence-corrected chi connectivity index (χ3v) is 14.0. The number of hydrogen-bond acceptors (Lipinski definition) is 4. The molecule has 0 amide bonds. The van der Waals surface area contributed by atoms with Gasteiger partial charge in [0.05, 0.1) is 22.4 Å². The highest BCUT2D eigenvalue weighted by atomic mass is 16.5. The van der Waals surface area contributed by atoms with Gasteiger partial charge >= 0.3 is 0 Å². The zero-order valence-electron chi connectivity index (χ0n) is 46.0. The average Bonchev–Trinajstić information content (AvgIpc) is 3.88. The number of nitrogens with zero attached hydrogens (tertiary/aromatic N) is 4. The Hall–Kier alpha value is -7.11. The van der Waals surface area contributed by atoms with Crippen LogP contribution >= 0.6 is 0 Å². The summed E-state index contributed by atoms with van der Waals surface area (Å²) in [6.45, 7) is 25.0. The minimum absolute atomic E-state index is 0.0505. The Kier molecular flexibility index (Phi) is 10.5. The molecule has 1 aliphatic rings. The SMILES string of the molecule is [2H]C([2H])([2H])c1cc(-n2c3ccc(C(C)(C)C)cc3c3ccc(Oc4cccc(N5CN(c6cc(-c7ccccc7)cc(C(C)(C)C)c6)c6ccc(C(C)(C)C)cc65)c4)cc32)ncc1-c1cccc(C(C)(C)C)c1. The molecular weight excluding hydrogens is 853 g/mol. The Balaban J connectivity index is 1.06. The molecule has 0 unspecified atom stereocenters. The zero-order chi connectivity index (χ0) is 52.0. The minimum atomic E-state index is -2.40. The van der Waals surface area contributed by atoms with Crippen molar-refractivity contribution in [3.05, 3.63) is 192 Å². The number of fused-ring (bicyclic) bond motifs is 4. The largest absolute Gasteiger partial charge is 0.457 e. The van der Waals surface area contributed by atoms with Gasteiger partial charge in [0, 0.05) is 50.2 Å². The fourth-order valence-corrected chi connectivity index (χ4v) is 9.75. The number of anilines is 4. The molecular formula is C65H68N4O. The molecule has 3 heterocycles. The van der Waals surface area contributed by atoms with Gasteiger partial charge in [-0.1, -0.05) is 162 Å². The van der Waals surface area contributed by atoms with Crippen LogP contribution in [-0.2, 0) is 21.7 Å². The summed E-state index contributed by atoms with van der Waals surface area (Å²) in [4.78, 5) is 9.91. The van der Waals surface area contributed by atoms with Gasteiger partial charge in [-0.15, -0.1) is 0 Å². The van der Waals surface area contributed by atoms with Crippen LogP contribution in [-0.4, -0.2) is 16.2 Å². The molecule has 0 N–H and O–H groups in total. The van der Waals surface area contributed by atoms with Gasteiger partial charge in [-0.2, -0.15) is 0 Å². The molecule has 0 saturated heterocycles. The Bertz CT molecular complexity index is 3560. The summed E-state index contributed by atoms with van der Waals surface area (Å²) in [5.41, 5.74) is 14.9. The van der Waals surface area contributed by atoms with E-state index in [0.717, 1.165) is 55.7 Å². The molecule has 1 aliphatic heterocycles.